The van der Waals surface area contributed by atoms with Crippen LogP contribution in [0.25, 0.3) is 0 Å². The molecule has 1 aromatic carbocycles. The molecule has 1 N–H and O–H groups in total. The summed E-state index contributed by atoms with van der Waals surface area (Å²) in [6.45, 7) is 6.49. The third-order valence-corrected chi connectivity index (χ3v) is 3.94. The van der Waals surface area contributed by atoms with E-state index in [2.05, 4.69) is 38.1 Å². The van der Waals surface area contributed by atoms with Crippen molar-refractivity contribution in [1.29, 1.82) is 0 Å². The predicted octanol–water partition coefficient (Wildman–Crippen LogP) is 4.52. The number of anilines is 1. The zero-order chi connectivity index (χ0) is 13.1. The van der Waals surface area contributed by atoms with E-state index in [9.17, 15) is 0 Å². The smallest absolute Gasteiger partial charge is 0.0496 e. The first-order valence-corrected chi connectivity index (χ1v) is 6.82. The molecule has 1 atom stereocenters. The SMILES string of the molecule is C#Cc1cccc(NC(C)c2cc(C)sc2C)c1. The van der Waals surface area contributed by atoms with Gasteiger partial charge in [0.05, 0.1) is 0 Å². The number of benzene rings is 1. The molecule has 2 heteroatoms. The summed E-state index contributed by atoms with van der Waals surface area (Å²) in [6.07, 6.45) is 5.41. The number of hydrogen-bond acceptors (Lipinski definition) is 2. The summed E-state index contributed by atoms with van der Waals surface area (Å²) in [5.74, 6) is 2.66. The van der Waals surface area contributed by atoms with E-state index in [0.29, 0.717) is 6.04 Å². The summed E-state index contributed by atoms with van der Waals surface area (Å²) in [6, 6.07) is 10.5. The van der Waals surface area contributed by atoms with Crippen molar-refractivity contribution in [2.45, 2.75) is 26.8 Å². The fourth-order valence-corrected chi connectivity index (χ4v) is 3.13. The number of terminal acetylenes is 1. The first-order valence-electron chi connectivity index (χ1n) is 6.00. The zero-order valence-corrected chi connectivity index (χ0v) is 11.8. The van der Waals surface area contributed by atoms with Crippen LogP contribution in [-0.4, -0.2) is 0 Å². The van der Waals surface area contributed by atoms with Gasteiger partial charge in [-0.2, -0.15) is 0 Å². The third kappa shape index (κ3) is 2.75. The van der Waals surface area contributed by atoms with E-state index in [1.54, 1.807) is 0 Å². The molecular weight excluding hydrogens is 238 g/mol. The summed E-state index contributed by atoms with van der Waals surface area (Å²) in [5.41, 5.74) is 3.34. The Kier molecular flexibility index (Phi) is 3.74. The largest absolute Gasteiger partial charge is 0.378 e. The molecule has 1 aromatic heterocycles. The molecule has 0 aliphatic rings. The van der Waals surface area contributed by atoms with E-state index in [-0.39, 0.29) is 0 Å². The van der Waals surface area contributed by atoms with E-state index in [1.807, 2.05) is 35.6 Å². The van der Waals surface area contributed by atoms with E-state index in [1.165, 1.54) is 15.3 Å². The van der Waals surface area contributed by atoms with E-state index >= 15 is 0 Å². The average molecular weight is 255 g/mol. The summed E-state index contributed by atoms with van der Waals surface area (Å²) in [5, 5.41) is 3.50. The number of rotatable bonds is 3. The van der Waals surface area contributed by atoms with Crippen LogP contribution in [0.5, 0.6) is 0 Å². The quantitative estimate of drug-likeness (QED) is 0.795. The Morgan fingerprint density at radius 2 is 2.06 bits per heavy atom. The molecular formula is C16H17NS. The molecule has 0 aliphatic heterocycles. The maximum absolute atomic E-state index is 5.41. The Labute approximate surface area is 113 Å². The summed E-state index contributed by atoms with van der Waals surface area (Å²) in [4.78, 5) is 2.73. The Bertz CT molecular complexity index is 589. The van der Waals surface area contributed by atoms with Gasteiger partial charge in [-0.1, -0.05) is 12.0 Å². The first kappa shape index (κ1) is 12.7. The molecule has 2 aromatic rings. The van der Waals surface area contributed by atoms with Crippen molar-refractivity contribution in [3.05, 3.63) is 51.2 Å². The lowest BCUT2D eigenvalue weighted by molar-refractivity contribution is 0.881. The highest BCUT2D eigenvalue weighted by atomic mass is 32.1. The normalized spacial score (nSPS) is 11.9. The van der Waals surface area contributed by atoms with Gasteiger partial charge in [0.1, 0.15) is 0 Å². The molecule has 0 saturated heterocycles. The van der Waals surface area contributed by atoms with Crippen molar-refractivity contribution in [3.8, 4) is 12.3 Å². The van der Waals surface area contributed by atoms with Crippen molar-refractivity contribution in [2.24, 2.45) is 0 Å². The van der Waals surface area contributed by atoms with E-state index < -0.39 is 0 Å². The summed E-state index contributed by atoms with van der Waals surface area (Å²) in [7, 11) is 0. The predicted molar refractivity (Wildman–Crippen MR) is 80.2 cm³/mol. The van der Waals surface area contributed by atoms with Gasteiger partial charge < -0.3 is 5.32 Å². The van der Waals surface area contributed by atoms with Crippen molar-refractivity contribution in [1.82, 2.24) is 0 Å². The van der Waals surface area contributed by atoms with Gasteiger partial charge in [-0.25, -0.2) is 0 Å². The van der Waals surface area contributed by atoms with Gasteiger partial charge in [-0.05, 0) is 50.6 Å². The monoisotopic (exact) mass is 255 g/mol. The number of hydrogen-bond donors (Lipinski definition) is 1. The van der Waals surface area contributed by atoms with Crippen LogP contribution in [0.1, 0.15) is 33.8 Å². The molecule has 0 radical (unpaired) electrons. The molecule has 0 saturated carbocycles. The lowest BCUT2D eigenvalue weighted by atomic mass is 10.1. The molecule has 92 valence electrons. The van der Waals surface area contributed by atoms with Crippen molar-refractivity contribution in [2.75, 3.05) is 5.32 Å². The van der Waals surface area contributed by atoms with Gasteiger partial charge in [0.15, 0.2) is 0 Å². The Morgan fingerprint density at radius 3 is 2.67 bits per heavy atom. The van der Waals surface area contributed by atoms with Crippen LogP contribution in [0.3, 0.4) is 0 Å². The van der Waals surface area contributed by atoms with Crippen LogP contribution >= 0.6 is 11.3 Å². The van der Waals surface area contributed by atoms with Crippen LogP contribution < -0.4 is 5.32 Å². The maximum atomic E-state index is 5.41. The molecule has 1 nitrogen and oxygen atoms in total. The molecule has 0 amide bonds. The minimum Gasteiger partial charge on any atom is -0.378 e. The zero-order valence-electron chi connectivity index (χ0n) is 10.9. The van der Waals surface area contributed by atoms with Crippen LogP contribution in [0, 0.1) is 26.2 Å². The number of nitrogens with one attached hydrogen (secondary N) is 1. The fraction of sp³-hybridized carbons (Fsp3) is 0.250. The van der Waals surface area contributed by atoms with Gasteiger partial charge >= 0.3 is 0 Å². The van der Waals surface area contributed by atoms with Gasteiger partial charge in [-0.3, -0.25) is 0 Å². The van der Waals surface area contributed by atoms with Gasteiger partial charge in [0, 0.05) is 27.0 Å². The van der Waals surface area contributed by atoms with Crippen LogP contribution in [0.2, 0.25) is 0 Å². The van der Waals surface area contributed by atoms with Gasteiger partial charge in [0.2, 0.25) is 0 Å². The maximum Gasteiger partial charge on any atom is 0.0496 e. The van der Waals surface area contributed by atoms with E-state index in [4.69, 9.17) is 6.42 Å². The van der Waals surface area contributed by atoms with Crippen LogP contribution in [-0.2, 0) is 0 Å². The lowest BCUT2D eigenvalue weighted by Gasteiger charge is -2.15. The van der Waals surface area contributed by atoms with Crippen molar-refractivity contribution >= 4 is 17.0 Å². The van der Waals surface area contributed by atoms with Gasteiger partial charge in [0.25, 0.3) is 0 Å². The average Bonchev–Trinajstić information content (AvgIpc) is 2.69. The topological polar surface area (TPSA) is 12.0 Å². The van der Waals surface area contributed by atoms with Crippen molar-refractivity contribution < 1.29 is 0 Å². The molecule has 0 spiro atoms. The van der Waals surface area contributed by atoms with Crippen LogP contribution in [0.4, 0.5) is 5.69 Å². The Hall–Kier alpha value is -1.72. The fourth-order valence-electron chi connectivity index (χ4n) is 2.11. The Balaban J connectivity index is 2.18. The molecule has 1 heterocycles. The minimum atomic E-state index is 0.294. The Morgan fingerprint density at radius 1 is 1.28 bits per heavy atom. The highest BCUT2D eigenvalue weighted by Crippen LogP contribution is 2.28. The molecule has 0 aliphatic carbocycles. The molecule has 0 fully saturated rings. The summed E-state index contributed by atoms with van der Waals surface area (Å²) < 4.78 is 0. The van der Waals surface area contributed by atoms with E-state index in [0.717, 1.165) is 11.3 Å². The molecule has 0 bridgehead atoms. The third-order valence-electron chi connectivity index (χ3n) is 2.96. The highest BCUT2D eigenvalue weighted by Gasteiger charge is 2.10. The number of aryl methyl sites for hydroxylation is 2. The standard InChI is InChI=1S/C16H17NS/c1-5-14-7-6-8-15(10-14)17-12(3)16-9-11(2)18-13(16)4/h1,6-10,12,17H,2-4H3. The lowest BCUT2D eigenvalue weighted by Crippen LogP contribution is -2.06. The van der Waals surface area contributed by atoms with Crippen LogP contribution in [0.15, 0.2) is 30.3 Å². The highest BCUT2D eigenvalue weighted by molar-refractivity contribution is 7.12. The first-order chi connectivity index (χ1) is 8.60. The molecule has 2 rings (SSSR count). The minimum absolute atomic E-state index is 0.294. The summed E-state index contributed by atoms with van der Waals surface area (Å²) >= 11 is 1.84. The number of thiophene rings is 1. The molecule has 1 unspecified atom stereocenters. The second-order valence-electron chi connectivity index (χ2n) is 4.46. The van der Waals surface area contributed by atoms with Gasteiger partial charge in [-0.15, -0.1) is 17.8 Å². The molecule has 18 heavy (non-hydrogen) atoms. The second-order valence-corrected chi connectivity index (χ2v) is 5.92. The second kappa shape index (κ2) is 5.29. The van der Waals surface area contributed by atoms with Crippen molar-refractivity contribution in [3.63, 3.8) is 0 Å².